The Kier molecular flexibility index (Phi) is 4.65. The summed E-state index contributed by atoms with van der Waals surface area (Å²) >= 11 is 0. The van der Waals surface area contributed by atoms with Crippen LogP contribution in [-0.4, -0.2) is 47.8 Å². The van der Waals surface area contributed by atoms with Gasteiger partial charge in [0.15, 0.2) is 0 Å². The van der Waals surface area contributed by atoms with Crippen molar-refractivity contribution in [2.75, 3.05) is 26.2 Å². The lowest BCUT2D eigenvalue weighted by Gasteiger charge is -2.53. The van der Waals surface area contributed by atoms with Crippen LogP contribution < -0.4 is 0 Å². The number of hydrogen-bond acceptors (Lipinski definition) is 4. The van der Waals surface area contributed by atoms with E-state index < -0.39 is 0 Å². The van der Waals surface area contributed by atoms with Gasteiger partial charge < -0.3 is 9.47 Å². The summed E-state index contributed by atoms with van der Waals surface area (Å²) < 4.78 is 12.3. The molecule has 3 heterocycles. The lowest BCUT2D eigenvalue weighted by Crippen LogP contribution is -2.66. The van der Waals surface area contributed by atoms with Crippen LogP contribution in [0.4, 0.5) is 0 Å². The minimum absolute atomic E-state index is 0.0831. The zero-order valence-electron chi connectivity index (χ0n) is 14.0. The SMILES string of the molecule is c1cc(CO[C@@H]2CCOC3(C2)CN(CC2CCCC2)C3)ccn1. The Balaban J connectivity index is 1.23. The number of pyridine rings is 1. The van der Waals surface area contributed by atoms with E-state index in [4.69, 9.17) is 9.47 Å². The predicted molar refractivity (Wildman–Crippen MR) is 89.1 cm³/mol. The van der Waals surface area contributed by atoms with Crippen molar-refractivity contribution in [3.63, 3.8) is 0 Å². The van der Waals surface area contributed by atoms with Crippen molar-refractivity contribution in [2.45, 2.75) is 56.8 Å². The molecular formula is C19H28N2O2. The second-order valence-electron chi connectivity index (χ2n) is 7.63. The molecule has 1 aromatic heterocycles. The van der Waals surface area contributed by atoms with Gasteiger partial charge in [-0.1, -0.05) is 12.8 Å². The Morgan fingerprint density at radius 1 is 1.17 bits per heavy atom. The van der Waals surface area contributed by atoms with Crippen LogP contribution in [-0.2, 0) is 16.1 Å². The minimum atomic E-state index is 0.0831. The Morgan fingerprint density at radius 3 is 2.74 bits per heavy atom. The molecule has 0 amide bonds. The Bertz CT molecular complexity index is 495. The maximum atomic E-state index is 6.15. The molecule has 0 aromatic carbocycles. The van der Waals surface area contributed by atoms with E-state index in [9.17, 15) is 0 Å². The van der Waals surface area contributed by atoms with Gasteiger partial charge in [0.05, 0.1) is 18.3 Å². The van der Waals surface area contributed by atoms with Crippen molar-refractivity contribution in [1.29, 1.82) is 0 Å². The molecule has 2 aliphatic heterocycles. The van der Waals surface area contributed by atoms with Crippen molar-refractivity contribution in [3.8, 4) is 0 Å². The molecule has 2 saturated heterocycles. The number of ether oxygens (including phenoxy) is 2. The van der Waals surface area contributed by atoms with Crippen molar-refractivity contribution >= 4 is 0 Å². The van der Waals surface area contributed by atoms with Crippen LogP contribution in [0.25, 0.3) is 0 Å². The third kappa shape index (κ3) is 3.76. The topological polar surface area (TPSA) is 34.6 Å². The molecule has 23 heavy (non-hydrogen) atoms. The number of likely N-dealkylation sites (tertiary alicyclic amines) is 1. The summed E-state index contributed by atoms with van der Waals surface area (Å²) in [7, 11) is 0. The van der Waals surface area contributed by atoms with E-state index in [1.165, 1.54) is 37.8 Å². The molecule has 0 N–H and O–H groups in total. The first-order valence-corrected chi connectivity index (χ1v) is 9.18. The van der Waals surface area contributed by atoms with Crippen LogP contribution in [0, 0.1) is 5.92 Å². The van der Waals surface area contributed by atoms with Gasteiger partial charge in [0, 0.05) is 45.1 Å². The lowest BCUT2D eigenvalue weighted by atomic mass is 9.84. The fourth-order valence-electron chi connectivity index (χ4n) is 4.49. The van der Waals surface area contributed by atoms with Crippen LogP contribution in [0.1, 0.15) is 44.1 Å². The highest BCUT2D eigenvalue weighted by Gasteiger charge is 2.48. The maximum absolute atomic E-state index is 6.15. The first-order valence-electron chi connectivity index (χ1n) is 9.18. The highest BCUT2D eigenvalue weighted by Crippen LogP contribution is 2.37. The van der Waals surface area contributed by atoms with E-state index in [1.807, 2.05) is 24.5 Å². The molecule has 4 rings (SSSR count). The molecule has 3 fully saturated rings. The summed E-state index contributed by atoms with van der Waals surface area (Å²) in [5, 5.41) is 0. The normalized spacial score (nSPS) is 28.1. The largest absolute Gasteiger partial charge is 0.373 e. The molecule has 1 aliphatic carbocycles. The van der Waals surface area contributed by atoms with Crippen LogP contribution in [0.5, 0.6) is 0 Å². The zero-order chi connectivity index (χ0) is 15.5. The fraction of sp³-hybridized carbons (Fsp3) is 0.737. The third-order valence-electron chi connectivity index (χ3n) is 5.70. The average Bonchev–Trinajstić information content (AvgIpc) is 3.06. The molecule has 1 aromatic rings. The van der Waals surface area contributed by atoms with E-state index in [2.05, 4.69) is 9.88 Å². The van der Waals surface area contributed by atoms with Gasteiger partial charge in [-0.05, 0) is 42.9 Å². The summed E-state index contributed by atoms with van der Waals surface area (Å²) in [5.74, 6) is 0.940. The van der Waals surface area contributed by atoms with Crippen LogP contribution >= 0.6 is 0 Å². The third-order valence-corrected chi connectivity index (χ3v) is 5.70. The monoisotopic (exact) mass is 316 g/mol. The Morgan fingerprint density at radius 2 is 1.96 bits per heavy atom. The average molecular weight is 316 g/mol. The number of aromatic nitrogens is 1. The van der Waals surface area contributed by atoms with E-state index >= 15 is 0 Å². The Hall–Kier alpha value is -0.970. The van der Waals surface area contributed by atoms with Crippen molar-refractivity contribution in [3.05, 3.63) is 30.1 Å². The second-order valence-corrected chi connectivity index (χ2v) is 7.63. The molecule has 1 atom stereocenters. The van der Waals surface area contributed by atoms with Gasteiger partial charge in [0.1, 0.15) is 0 Å². The molecule has 0 bridgehead atoms. The zero-order valence-corrected chi connectivity index (χ0v) is 14.0. The van der Waals surface area contributed by atoms with Crippen molar-refractivity contribution in [1.82, 2.24) is 9.88 Å². The predicted octanol–water partition coefficient (Wildman–Crippen LogP) is 3.02. The first kappa shape index (κ1) is 15.6. The molecule has 126 valence electrons. The van der Waals surface area contributed by atoms with Crippen LogP contribution in [0.15, 0.2) is 24.5 Å². The van der Waals surface area contributed by atoms with E-state index in [0.717, 1.165) is 38.5 Å². The quantitative estimate of drug-likeness (QED) is 0.836. The van der Waals surface area contributed by atoms with Crippen LogP contribution in [0.3, 0.4) is 0 Å². The molecule has 1 saturated carbocycles. The number of rotatable bonds is 5. The first-order chi connectivity index (χ1) is 11.3. The molecule has 0 radical (unpaired) electrons. The van der Waals surface area contributed by atoms with Gasteiger partial charge in [-0.15, -0.1) is 0 Å². The van der Waals surface area contributed by atoms with E-state index in [0.29, 0.717) is 12.7 Å². The van der Waals surface area contributed by atoms with Gasteiger partial charge in [0.2, 0.25) is 0 Å². The molecular weight excluding hydrogens is 288 g/mol. The fourth-order valence-corrected chi connectivity index (χ4v) is 4.49. The smallest absolute Gasteiger partial charge is 0.0959 e. The molecule has 0 unspecified atom stereocenters. The number of hydrogen-bond donors (Lipinski definition) is 0. The summed E-state index contributed by atoms with van der Waals surface area (Å²) in [4.78, 5) is 6.65. The van der Waals surface area contributed by atoms with Crippen molar-refractivity contribution < 1.29 is 9.47 Å². The molecule has 3 aliphatic rings. The van der Waals surface area contributed by atoms with E-state index in [-0.39, 0.29) is 5.60 Å². The summed E-state index contributed by atoms with van der Waals surface area (Å²) in [6.07, 6.45) is 11.8. The molecule has 4 nitrogen and oxygen atoms in total. The Labute approximate surface area is 139 Å². The summed E-state index contributed by atoms with van der Waals surface area (Å²) in [6.45, 7) is 5.04. The lowest BCUT2D eigenvalue weighted by molar-refractivity contribution is -0.200. The highest BCUT2D eigenvalue weighted by atomic mass is 16.5. The molecule has 4 heteroatoms. The van der Waals surface area contributed by atoms with Crippen LogP contribution in [0.2, 0.25) is 0 Å². The minimum Gasteiger partial charge on any atom is -0.373 e. The second kappa shape index (κ2) is 6.88. The van der Waals surface area contributed by atoms with Gasteiger partial charge in [0.25, 0.3) is 0 Å². The van der Waals surface area contributed by atoms with Gasteiger partial charge >= 0.3 is 0 Å². The summed E-state index contributed by atoms with van der Waals surface area (Å²) in [6, 6.07) is 4.06. The van der Waals surface area contributed by atoms with Gasteiger partial charge in [-0.3, -0.25) is 9.88 Å². The summed E-state index contributed by atoms with van der Waals surface area (Å²) in [5.41, 5.74) is 1.29. The van der Waals surface area contributed by atoms with Crippen molar-refractivity contribution in [2.24, 2.45) is 5.92 Å². The maximum Gasteiger partial charge on any atom is 0.0959 e. The highest BCUT2D eigenvalue weighted by molar-refractivity contribution is 5.08. The van der Waals surface area contributed by atoms with E-state index in [1.54, 1.807) is 0 Å². The van der Waals surface area contributed by atoms with Gasteiger partial charge in [-0.2, -0.15) is 0 Å². The standard InChI is InChI=1S/C19H28N2O2/c1-2-4-16(3-1)12-21-14-19(15-21)11-18(7-10-23-19)22-13-17-5-8-20-9-6-17/h5-6,8-9,16,18H,1-4,7,10-15H2/t18-/m1/s1. The molecule has 1 spiro atoms. The number of nitrogens with zero attached hydrogens (tertiary/aromatic N) is 2. The van der Waals surface area contributed by atoms with Gasteiger partial charge in [-0.25, -0.2) is 0 Å².